The molecule has 6 nitrogen and oxygen atoms in total. The number of halogens is 3. The first-order chi connectivity index (χ1) is 11.6. The molecule has 2 atom stereocenters. The second kappa shape index (κ2) is 5.61. The number of hydrogen-bond acceptors (Lipinski definition) is 4. The van der Waals surface area contributed by atoms with E-state index in [-0.39, 0.29) is 11.6 Å². The van der Waals surface area contributed by atoms with Gasteiger partial charge in [0.05, 0.1) is 6.04 Å². The van der Waals surface area contributed by atoms with Gasteiger partial charge in [-0.15, -0.1) is 0 Å². The summed E-state index contributed by atoms with van der Waals surface area (Å²) in [5, 5.41) is 8.07. The molecule has 3 rings (SSSR count). The maximum absolute atomic E-state index is 13.2. The van der Waals surface area contributed by atoms with Crippen molar-refractivity contribution < 1.29 is 22.8 Å². The number of hydrazone groups is 1. The third-order valence-electron chi connectivity index (χ3n) is 4.14. The number of urea groups is 1. The molecule has 0 radical (unpaired) electrons. The maximum Gasteiger partial charge on any atom is 0.435 e. The predicted octanol–water partition coefficient (Wildman–Crippen LogP) is 2.03. The van der Waals surface area contributed by atoms with Crippen LogP contribution in [0.25, 0.3) is 5.57 Å². The molecular formula is C16H15F3N4O2. The molecule has 0 aromatic heterocycles. The van der Waals surface area contributed by atoms with Crippen molar-refractivity contribution in [2.24, 2.45) is 5.10 Å². The Bertz CT molecular complexity index is 799. The summed E-state index contributed by atoms with van der Waals surface area (Å²) in [7, 11) is 0. The fourth-order valence-corrected chi connectivity index (χ4v) is 2.77. The Morgan fingerprint density at radius 3 is 2.32 bits per heavy atom. The van der Waals surface area contributed by atoms with Crippen LogP contribution in [0.1, 0.15) is 25.0 Å². The van der Waals surface area contributed by atoms with Crippen LogP contribution in [0.15, 0.2) is 35.4 Å². The fraction of sp³-hybridized carbons (Fsp3) is 0.312. The Morgan fingerprint density at radius 1 is 1.16 bits per heavy atom. The van der Waals surface area contributed by atoms with Gasteiger partial charge in [-0.3, -0.25) is 10.1 Å². The van der Waals surface area contributed by atoms with Gasteiger partial charge in [0, 0.05) is 5.57 Å². The highest BCUT2D eigenvalue weighted by Gasteiger charge is 2.44. The topological polar surface area (TPSA) is 82.6 Å². The average Bonchev–Trinajstić information content (AvgIpc) is 2.79. The molecule has 1 saturated heterocycles. The number of alkyl halides is 3. The Morgan fingerprint density at radius 2 is 1.80 bits per heavy atom. The van der Waals surface area contributed by atoms with Gasteiger partial charge in [-0.1, -0.05) is 30.3 Å². The van der Waals surface area contributed by atoms with Crippen LogP contribution in [0.2, 0.25) is 0 Å². The minimum atomic E-state index is -4.59. The molecule has 2 aliphatic rings. The quantitative estimate of drug-likeness (QED) is 0.713. The van der Waals surface area contributed by atoms with Crippen LogP contribution in [-0.2, 0) is 10.3 Å². The van der Waals surface area contributed by atoms with Crippen molar-refractivity contribution in [3.8, 4) is 0 Å². The lowest BCUT2D eigenvalue weighted by molar-refractivity contribution is -0.123. The maximum atomic E-state index is 13.2. The Balaban J connectivity index is 1.96. The molecule has 1 fully saturated rings. The van der Waals surface area contributed by atoms with E-state index in [1.165, 1.54) is 37.3 Å². The van der Waals surface area contributed by atoms with E-state index in [4.69, 9.17) is 0 Å². The first-order valence-corrected chi connectivity index (χ1v) is 7.48. The van der Waals surface area contributed by atoms with E-state index in [2.05, 4.69) is 21.2 Å². The van der Waals surface area contributed by atoms with Crippen LogP contribution in [0.3, 0.4) is 0 Å². The zero-order valence-electron chi connectivity index (χ0n) is 13.4. The van der Waals surface area contributed by atoms with Gasteiger partial charge in [-0.2, -0.15) is 18.3 Å². The summed E-state index contributed by atoms with van der Waals surface area (Å²) in [5.74, 6) is -0.516. The highest BCUT2D eigenvalue weighted by Crippen LogP contribution is 2.32. The number of allylic oxidation sites excluding steroid dienone is 1. The van der Waals surface area contributed by atoms with Gasteiger partial charge in [-0.05, 0) is 25.0 Å². The molecule has 1 aromatic carbocycles. The first kappa shape index (κ1) is 17.0. The molecule has 1 aromatic rings. The van der Waals surface area contributed by atoms with E-state index < -0.39 is 29.4 Å². The number of hydrogen-bond donors (Lipinski definition) is 3. The number of imide groups is 1. The van der Waals surface area contributed by atoms with Crippen molar-refractivity contribution in [1.29, 1.82) is 0 Å². The number of amides is 3. The minimum absolute atomic E-state index is 0.0321. The average molecular weight is 352 g/mol. The number of benzene rings is 1. The van der Waals surface area contributed by atoms with Crippen molar-refractivity contribution in [2.45, 2.75) is 31.6 Å². The summed E-state index contributed by atoms with van der Waals surface area (Å²) in [6.45, 7) is 3.21. The SMILES string of the molecule is CC1C=C(c2ccc(C3(C)NC(=O)NC3=O)cc2)C(C(F)(F)F)=NN1. The zero-order valence-corrected chi connectivity index (χ0v) is 13.4. The summed E-state index contributed by atoms with van der Waals surface area (Å²) >= 11 is 0. The lowest BCUT2D eigenvalue weighted by Crippen LogP contribution is -2.40. The van der Waals surface area contributed by atoms with E-state index in [0.29, 0.717) is 11.1 Å². The molecule has 3 amide bonds. The lowest BCUT2D eigenvalue weighted by atomic mass is 9.89. The van der Waals surface area contributed by atoms with Crippen LogP contribution >= 0.6 is 0 Å². The predicted molar refractivity (Wildman–Crippen MR) is 84.5 cm³/mol. The molecule has 9 heteroatoms. The molecule has 3 N–H and O–H groups in total. The van der Waals surface area contributed by atoms with Gasteiger partial charge in [0.2, 0.25) is 0 Å². The number of nitrogens with zero attached hydrogens (tertiary/aromatic N) is 1. The molecule has 132 valence electrons. The largest absolute Gasteiger partial charge is 0.435 e. The zero-order chi connectivity index (χ0) is 18.4. The second-order valence-corrected chi connectivity index (χ2v) is 6.07. The molecule has 0 aliphatic carbocycles. The molecular weight excluding hydrogens is 337 g/mol. The minimum Gasteiger partial charge on any atom is -0.320 e. The van der Waals surface area contributed by atoms with Crippen LogP contribution in [0, 0.1) is 0 Å². The number of rotatable bonds is 2. The summed E-state index contributed by atoms with van der Waals surface area (Å²) in [4.78, 5) is 23.3. The standard InChI is InChI=1S/C16H15F3N4O2/c1-8-7-11(12(23-22-8)16(17,18)19)9-3-5-10(6-4-9)15(2)13(24)20-14(25)21-15/h3-8,22H,1-2H3,(H2,20,21,24,25). The highest BCUT2D eigenvalue weighted by atomic mass is 19.4. The summed E-state index contributed by atoms with van der Waals surface area (Å²) < 4.78 is 39.5. The molecule has 0 bridgehead atoms. The van der Waals surface area contributed by atoms with Crippen LogP contribution < -0.4 is 16.1 Å². The molecule has 2 aliphatic heterocycles. The third-order valence-corrected chi connectivity index (χ3v) is 4.14. The molecule has 2 unspecified atom stereocenters. The molecule has 2 heterocycles. The Kier molecular flexibility index (Phi) is 3.81. The number of carbonyl (C=O) groups is 2. The van der Waals surface area contributed by atoms with Crippen molar-refractivity contribution in [3.63, 3.8) is 0 Å². The van der Waals surface area contributed by atoms with Gasteiger partial charge in [0.15, 0.2) is 5.71 Å². The lowest BCUT2D eigenvalue weighted by Gasteiger charge is -2.24. The normalized spacial score (nSPS) is 26.4. The van der Waals surface area contributed by atoms with E-state index in [0.717, 1.165) is 0 Å². The summed E-state index contributed by atoms with van der Waals surface area (Å²) in [6.07, 6.45) is -3.15. The van der Waals surface area contributed by atoms with Gasteiger partial charge >= 0.3 is 12.2 Å². The number of nitrogens with one attached hydrogen (secondary N) is 3. The fourth-order valence-electron chi connectivity index (χ4n) is 2.77. The first-order valence-electron chi connectivity index (χ1n) is 7.48. The van der Waals surface area contributed by atoms with Crippen molar-refractivity contribution >= 4 is 23.2 Å². The van der Waals surface area contributed by atoms with Gasteiger partial charge in [0.1, 0.15) is 5.54 Å². The highest BCUT2D eigenvalue weighted by molar-refractivity contribution is 6.27. The van der Waals surface area contributed by atoms with E-state index in [1.54, 1.807) is 6.92 Å². The monoisotopic (exact) mass is 352 g/mol. The van der Waals surface area contributed by atoms with Gasteiger partial charge in [0.25, 0.3) is 5.91 Å². The Hall–Kier alpha value is -2.84. The van der Waals surface area contributed by atoms with Crippen molar-refractivity contribution in [1.82, 2.24) is 16.1 Å². The van der Waals surface area contributed by atoms with E-state index in [9.17, 15) is 22.8 Å². The smallest absolute Gasteiger partial charge is 0.320 e. The van der Waals surface area contributed by atoms with Crippen LogP contribution in [0.4, 0.5) is 18.0 Å². The van der Waals surface area contributed by atoms with Crippen LogP contribution in [-0.4, -0.2) is 29.9 Å². The molecule has 0 spiro atoms. The van der Waals surface area contributed by atoms with Gasteiger partial charge < -0.3 is 10.7 Å². The van der Waals surface area contributed by atoms with E-state index in [1.807, 2.05) is 0 Å². The van der Waals surface area contributed by atoms with E-state index >= 15 is 0 Å². The number of carbonyl (C=O) groups excluding carboxylic acids is 2. The van der Waals surface area contributed by atoms with Crippen LogP contribution in [0.5, 0.6) is 0 Å². The van der Waals surface area contributed by atoms with Crippen molar-refractivity contribution in [2.75, 3.05) is 0 Å². The Labute approximate surface area is 141 Å². The van der Waals surface area contributed by atoms with Gasteiger partial charge in [-0.25, -0.2) is 4.79 Å². The summed E-state index contributed by atoms with van der Waals surface area (Å²) in [6, 6.07) is 5.02. The second-order valence-electron chi connectivity index (χ2n) is 6.07. The summed E-state index contributed by atoms with van der Waals surface area (Å²) in [5.41, 5.74) is 0.896. The molecule has 25 heavy (non-hydrogen) atoms. The van der Waals surface area contributed by atoms with Crippen molar-refractivity contribution in [3.05, 3.63) is 41.5 Å². The molecule has 0 saturated carbocycles. The third kappa shape index (κ3) is 2.97.